The fraction of sp³-hybridized carbons (Fsp3) is 0.238. The molecule has 6 nitrogen and oxygen atoms in total. The van der Waals surface area contributed by atoms with Crippen LogP contribution in [-0.2, 0) is 18.4 Å². The molecule has 0 bridgehead atoms. The summed E-state index contributed by atoms with van der Waals surface area (Å²) < 4.78 is 17.3. The van der Waals surface area contributed by atoms with E-state index >= 15 is 0 Å². The Morgan fingerprint density at radius 1 is 1.14 bits per heavy atom. The molecule has 1 aromatic heterocycles. The molecular weight excluding hydrogens is 380 g/mol. The van der Waals surface area contributed by atoms with Gasteiger partial charge in [0.15, 0.2) is 0 Å². The predicted molar refractivity (Wildman–Crippen MR) is 107 cm³/mol. The fourth-order valence-electron chi connectivity index (χ4n) is 2.85. The molecule has 0 atom stereocenters. The Hall–Kier alpha value is -2.99. The van der Waals surface area contributed by atoms with Crippen molar-refractivity contribution in [3.05, 3.63) is 64.3 Å². The minimum absolute atomic E-state index is 0.252. The number of benzene rings is 2. The molecule has 0 radical (unpaired) electrons. The number of halogens is 1. The average molecular weight is 401 g/mol. The van der Waals surface area contributed by atoms with Gasteiger partial charge < -0.3 is 14.2 Å². The molecule has 0 unspecified atom stereocenters. The summed E-state index contributed by atoms with van der Waals surface area (Å²) in [5, 5.41) is 5.10. The van der Waals surface area contributed by atoms with Gasteiger partial charge in [0.2, 0.25) is 0 Å². The van der Waals surface area contributed by atoms with E-state index in [1.54, 1.807) is 16.8 Å². The molecule has 0 N–H and O–H groups in total. The number of rotatable bonds is 5. The molecule has 2 aromatic carbocycles. The monoisotopic (exact) mass is 400 g/mol. The van der Waals surface area contributed by atoms with Crippen molar-refractivity contribution in [1.29, 1.82) is 0 Å². The minimum Gasteiger partial charge on any atom is -0.488 e. The fourth-order valence-corrected chi connectivity index (χ4v) is 2.98. The van der Waals surface area contributed by atoms with Gasteiger partial charge in [-0.25, -0.2) is 4.79 Å². The lowest BCUT2D eigenvalue weighted by Crippen LogP contribution is -2.09. The molecule has 146 valence electrons. The lowest BCUT2D eigenvalue weighted by Gasteiger charge is -2.13. The summed E-state index contributed by atoms with van der Waals surface area (Å²) in [5.41, 5.74) is 4.46. The van der Waals surface area contributed by atoms with E-state index in [2.05, 4.69) is 9.84 Å². The standard InChI is InChI=1S/C21H21ClN2O4/c1-13-11-15(19-14(2)20(22)24(3)23-19)9-10-17(13)27-12-16-7-5-6-8-18(16)28-21(25)26-4/h5-11H,12H2,1-4H3. The summed E-state index contributed by atoms with van der Waals surface area (Å²) >= 11 is 6.23. The number of nitrogens with zero attached hydrogens (tertiary/aromatic N) is 2. The average Bonchev–Trinajstić information content (AvgIpc) is 2.95. The highest BCUT2D eigenvalue weighted by Gasteiger charge is 2.14. The van der Waals surface area contributed by atoms with Crippen LogP contribution in [0, 0.1) is 13.8 Å². The molecular formula is C21H21ClN2O4. The smallest absolute Gasteiger partial charge is 0.488 e. The van der Waals surface area contributed by atoms with Crippen LogP contribution in [0.5, 0.6) is 11.5 Å². The Balaban J connectivity index is 1.78. The Labute approximate surface area is 168 Å². The van der Waals surface area contributed by atoms with Crippen molar-refractivity contribution in [3.8, 4) is 22.8 Å². The highest BCUT2D eigenvalue weighted by molar-refractivity contribution is 6.30. The number of carbonyl (C=O) groups excluding carboxylic acids is 1. The van der Waals surface area contributed by atoms with E-state index in [0.29, 0.717) is 10.9 Å². The van der Waals surface area contributed by atoms with E-state index in [9.17, 15) is 4.79 Å². The first-order valence-electron chi connectivity index (χ1n) is 8.67. The molecule has 0 saturated heterocycles. The second-order valence-electron chi connectivity index (χ2n) is 6.32. The third-order valence-corrected chi connectivity index (χ3v) is 4.89. The second kappa shape index (κ2) is 8.35. The number of carbonyl (C=O) groups is 1. The van der Waals surface area contributed by atoms with Crippen molar-refractivity contribution in [2.75, 3.05) is 7.11 Å². The Kier molecular flexibility index (Phi) is 5.90. The van der Waals surface area contributed by atoms with E-state index in [1.165, 1.54) is 7.11 Å². The summed E-state index contributed by atoms with van der Waals surface area (Å²) in [6.07, 6.45) is -0.766. The minimum atomic E-state index is -0.766. The third kappa shape index (κ3) is 4.12. The van der Waals surface area contributed by atoms with Crippen molar-refractivity contribution in [2.45, 2.75) is 20.5 Å². The van der Waals surface area contributed by atoms with Crippen LogP contribution in [0.2, 0.25) is 5.15 Å². The highest BCUT2D eigenvalue weighted by atomic mass is 35.5. The molecule has 0 spiro atoms. The number of aromatic nitrogens is 2. The number of hydrogen-bond acceptors (Lipinski definition) is 5. The maximum Gasteiger partial charge on any atom is 0.513 e. The van der Waals surface area contributed by atoms with Gasteiger partial charge in [-0.2, -0.15) is 5.10 Å². The number of aryl methyl sites for hydroxylation is 2. The van der Waals surface area contributed by atoms with Gasteiger partial charge in [0.1, 0.15) is 23.3 Å². The van der Waals surface area contributed by atoms with Gasteiger partial charge in [0.25, 0.3) is 0 Å². The van der Waals surface area contributed by atoms with Gasteiger partial charge in [0.05, 0.1) is 12.8 Å². The summed E-state index contributed by atoms with van der Waals surface area (Å²) in [7, 11) is 3.08. The van der Waals surface area contributed by atoms with Crippen molar-refractivity contribution in [1.82, 2.24) is 9.78 Å². The van der Waals surface area contributed by atoms with Crippen molar-refractivity contribution in [2.24, 2.45) is 7.05 Å². The quantitative estimate of drug-likeness (QED) is 0.441. The van der Waals surface area contributed by atoms with Gasteiger partial charge in [-0.15, -0.1) is 0 Å². The zero-order valence-electron chi connectivity index (χ0n) is 16.2. The normalized spacial score (nSPS) is 10.6. The summed E-state index contributed by atoms with van der Waals surface area (Å²) in [5.74, 6) is 1.14. The molecule has 0 aliphatic carbocycles. The highest BCUT2D eigenvalue weighted by Crippen LogP contribution is 2.31. The largest absolute Gasteiger partial charge is 0.513 e. The number of ether oxygens (including phenoxy) is 3. The number of para-hydroxylation sites is 1. The van der Waals surface area contributed by atoms with Gasteiger partial charge in [-0.1, -0.05) is 29.8 Å². The van der Waals surface area contributed by atoms with E-state index in [4.69, 9.17) is 21.1 Å². The van der Waals surface area contributed by atoms with E-state index < -0.39 is 6.16 Å². The van der Waals surface area contributed by atoms with Gasteiger partial charge in [-0.05, 0) is 43.7 Å². The Bertz CT molecular complexity index is 1010. The maximum atomic E-state index is 11.4. The van der Waals surface area contributed by atoms with Crippen LogP contribution >= 0.6 is 11.6 Å². The third-order valence-electron chi connectivity index (χ3n) is 4.36. The molecule has 1 heterocycles. The molecule has 0 saturated carbocycles. The van der Waals surface area contributed by atoms with E-state index in [-0.39, 0.29) is 6.61 Å². The van der Waals surface area contributed by atoms with Crippen molar-refractivity contribution < 1.29 is 19.0 Å². The summed E-state index contributed by atoms with van der Waals surface area (Å²) in [6, 6.07) is 13.0. The van der Waals surface area contributed by atoms with E-state index in [0.717, 1.165) is 33.7 Å². The van der Waals surface area contributed by atoms with Crippen LogP contribution in [0.1, 0.15) is 16.7 Å². The molecule has 3 aromatic rings. The maximum absolute atomic E-state index is 11.4. The molecule has 3 rings (SSSR count). The molecule has 0 fully saturated rings. The Morgan fingerprint density at radius 3 is 2.54 bits per heavy atom. The summed E-state index contributed by atoms with van der Waals surface area (Å²) in [6.45, 7) is 4.17. The first kappa shape index (κ1) is 19.8. The molecule has 28 heavy (non-hydrogen) atoms. The van der Waals surface area contributed by atoms with Gasteiger partial charge in [0, 0.05) is 23.7 Å². The van der Waals surface area contributed by atoms with Crippen LogP contribution in [-0.4, -0.2) is 23.0 Å². The van der Waals surface area contributed by atoms with Gasteiger partial charge >= 0.3 is 6.16 Å². The lowest BCUT2D eigenvalue weighted by molar-refractivity contribution is 0.120. The molecule has 0 aliphatic rings. The number of methoxy groups -OCH3 is 1. The van der Waals surface area contributed by atoms with Crippen molar-refractivity contribution >= 4 is 17.8 Å². The van der Waals surface area contributed by atoms with Crippen LogP contribution in [0.4, 0.5) is 4.79 Å². The van der Waals surface area contributed by atoms with Crippen molar-refractivity contribution in [3.63, 3.8) is 0 Å². The SMILES string of the molecule is COC(=O)Oc1ccccc1COc1ccc(-c2nn(C)c(Cl)c2C)cc1C. The first-order valence-corrected chi connectivity index (χ1v) is 9.05. The summed E-state index contributed by atoms with van der Waals surface area (Å²) in [4.78, 5) is 11.4. The van der Waals surface area contributed by atoms with Crippen LogP contribution in [0.25, 0.3) is 11.3 Å². The second-order valence-corrected chi connectivity index (χ2v) is 6.68. The van der Waals surface area contributed by atoms with Gasteiger partial charge in [-0.3, -0.25) is 4.68 Å². The molecule has 0 aliphatic heterocycles. The molecule has 7 heteroatoms. The predicted octanol–water partition coefficient (Wildman–Crippen LogP) is 5.08. The first-order chi connectivity index (χ1) is 13.4. The molecule has 0 amide bonds. The zero-order valence-corrected chi connectivity index (χ0v) is 16.9. The zero-order chi connectivity index (χ0) is 20.3. The van der Waals surface area contributed by atoms with Crippen LogP contribution in [0.15, 0.2) is 42.5 Å². The Morgan fingerprint density at radius 2 is 1.89 bits per heavy atom. The van der Waals surface area contributed by atoms with Crippen LogP contribution < -0.4 is 9.47 Å². The van der Waals surface area contributed by atoms with Crippen LogP contribution in [0.3, 0.4) is 0 Å². The van der Waals surface area contributed by atoms with E-state index in [1.807, 2.05) is 51.2 Å². The number of hydrogen-bond donors (Lipinski definition) is 0. The lowest BCUT2D eigenvalue weighted by atomic mass is 10.1. The topological polar surface area (TPSA) is 62.6 Å².